The fourth-order valence-corrected chi connectivity index (χ4v) is 4.68. The van der Waals surface area contributed by atoms with Crippen LogP contribution in [0.5, 0.6) is 5.75 Å². The highest BCUT2D eigenvalue weighted by atomic mass is 16.5. The normalized spacial score (nSPS) is 10.4. The molecular formula is C36H50N2O11. The van der Waals surface area contributed by atoms with Gasteiger partial charge in [0.2, 0.25) is 0 Å². The molecule has 0 atom stereocenters. The smallest absolute Gasteiger partial charge is 0.414 e. The van der Waals surface area contributed by atoms with Crippen molar-refractivity contribution in [3.05, 3.63) is 59.4 Å². The third-order valence-corrected chi connectivity index (χ3v) is 7.30. The number of ketones is 1. The molecule has 2 aromatic carbocycles. The molecule has 0 bridgehead atoms. The van der Waals surface area contributed by atoms with E-state index in [1.807, 2.05) is 42.5 Å². The number of rotatable bonds is 18. The number of hydrogen-bond acceptors (Lipinski definition) is 9. The number of carboxylic acid groups (broad SMARTS) is 4. The summed E-state index contributed by atoms with van der Waals surface area (Å²) >= 11 is 0. The van der Waals surface area contributed by atoms with Gasteiger partial charge in [0, 0.05) is 23.1 Å². The Hall–Kier alpha value is -4.91. The third kappa shape index (κ3) is 16.2. The van der Waals surface area contributed by atoms with E-state index in [-0.39, 0.29) is 5.78 Å². The van der Waals surface area contributed by atoms with E-state index in [2.05, 4.69) is 25.7 Å². The Morgan fingerprint density at radius 1 is 0.694 bits per heavy atom. The lowest BCUT2D eigenvalue weighted by atomic mass is 9.98. The number of carbonyl (C=O) groups is 5. The predicted octanol–water partition coefficient (Wildman–Crippen LogP) is 6.35. The molecule has 0 aliphatic rings. The first-order valence-corrected chi connectivity index (χ1v) is 16.6. The highest BCUT2D eigenvalue weighted by molar-refractivity contribution is 6.27. The molecule has 1 aromatic heterocycles. The van der Waals surface area contributed by atoms with Crippen molar-refractivity contribution >= 4 is 46.3 Å². The Labute approximate surface area is 286 Å². The van der Waals surface area contributed by atoms with Gasteiger partial charge in [-0.1, -0.05) is 40.0 Å². The number of anilines is 1. The van der Waals surface area contributed by atoms with E-state index >= 15 is 0 Å². The molecule has 0 amide bonds. The second kappa shape index (κ2) is 23.4. The van der Waals surface area contributed by atoms with Gasteiger partial charge in [-0.25, -0.2) is 19.2 Å². The van der Waals surface area contributed by atoms with Crippen molar-refractivity contribution in [3.8, 4) is 5.75 Å². The van der Waals surface area contributed by atoms with Gasteiger partial charge in [-0.05, 0) is 101 Å². The van der Waals surface area contributed by atoms with Crippen LogP contribution < -0.4 is 10.5 Å². The number of benzene rings is 2. The maximum absolute atomic E-state index is 13.5. The van der Waals surface area contributed by atoms with Gasteiger partial charge < -0.3 is 40.2 Å². The van der Waals surface area contributed by atoms with E-state index in [1.165, 1.54) is 58.2 Å². The lowest BCUT2D eigenvalue weighted by Crippen LogP contribution is -2.27. The van der Waals surface area contributed by atoms with Crippen LogP contribution in [0.25, 0.3) is 11.0 Å². The number of nitrogens with two attached hydrogens (primary N) is 1. The largest absolute Gasteiger partial charge is 0.494 e. The Morgan fingerprint density at radius 3 is 1.73 bits per heavy atom. The first-order chi connectivity index (χ1) is 23.4. The number of unbranched alkanes of at least 4 members (excludes halogenated alkanes) is 5. The van der Waals surface area contributed by atoms with Gasteiger partial charge in [0.25, 0.3) is 0 Å². The van der Waals surface area contributed by atoms with Gasteiger partial charge in [-0.2, -0.15) is 0 Å². The fourth-order valence-electron chi connectivity index (χ4n) is 4.68. The number of ether oxygens (including phenoxy) is 1. The number of nitrogen functional groups attached to an aromatic ring is 1. The Bertz CT molecular complexity index is 1430. The molecule has 6 N–H and O–H groups in total. The molecule has 3 aromatic rings. The van der Waals surface area contributed by atoms with E-state index in [0.717, 1.165) is 42.6 Å². The van der Waals surface area contributed by atoms with Crippen molar-refractivity contribution in [1.82, 2.24) is 4.90 Å². The third-order valence-electron chi connectivity index (χ3n) is 7.30. The van der Waals surface area contributed by atoms with Crippen LogP contribution in [0, 0.1) is 0 Å². The van der Waals surface area contributed by atoms with Gasteiger partial charge in [-0.15, -0.1) is 0 Å². The minimum Gasteiger partial charge on any atom is -0.494 e. The summed E-state index contributed by atoms with van der Waals surface area (Å²) in [6.07, 6.45) is 11.3. The summed E-state index contributed by atoms with van der Waals surface area (Å²) in [7, 11) is 0. The van der Waals surface area contributed by atoms with E-state index in [0.29, 0.717) is 29.0 Å². The lowest BCUT2D eigenvalue weighted by Gasteiger charge is -2.21. The van der Waals surface area contributed by atoms with Crippen molar-refractivity contribution in [3.63, 3.8) is 0 Å². The molecule has 13 heteroatoms. The topological polar surface area (TPSA) is 218 Å². The number of furan rings is 1. The highest BCUT2D eigenvalue weighted by Crippen LogP contribution is 2.31. The van der Waals surface area contributed by atoms with Crippen LogP contribution >= 0.6 is 0 Å². The molecular weight excluding hydrogens is 636 g/mol. The van der Waals surface area contributed by atoms with Crippen LogP contribution in [0.1, 0.15) is 100 Å². The number of carboxylic acids is 4. The minimum atomic E-state index is -1.82. The number of fused-ring (bicyclic) bond motifs is 1. The first-order valence-electron chi connectivity index (χ1n) is 16.6. The van der Waals surface area contributed by atoms with Gasteiger partial charge in [-0.3, -0.25) is 4.79 Å². The van der Waals surface area contributed by atoms with Crippen LogP contribution in [0.2, 0.25) is 0 Å². The average Bonchev–Trinajstić information content (AvgIpc) is 3.43. The van der Waals surface area contributed by atoms with Crippen molar-refractivity contribution in [2.45, 2.75) is 85.0 Å². The van der Waals surface area contributed by atoms with Crippen LogP contribution in [0.3, 0.4) is 0 Å². The predicted molar refractivity (Wildman–Crippen MR) is 185 cm³/mol. The molecule has 0 fully saturated rings. The lowest BCUT2D eigenvalue weighted by molar-refractivity contribution is -0.159. The van der Waals surface area contributed by atoms with Crippen LogP contribution in [-0.4, -0.2) is 81.2 Å². The molecule has 0 aliphatic carbocycles. The second-order valence-electron chi connectivity index (χ2n) is 11.3. The SMILES string of the molecule is CCCCc1oc2ccc(N)cc2c1C(=O)c1ccc(OCCCCCN(CCCC)CCCC)cc1.O=C(O)C(=O)O.O=C(O)C(=O)O. The average molecular weight is 687 g/mol. The van der Waals surface area contributed by atoms with Crippen molar-refractivity contribution in [2.24, 2.45) is 0 Å². The first kappa shape index (κ1) is 42.1. The zero-order valence-electron chi connectivity index (χ0n) is 28.6. The van der Waals surface area contributed by atoms with E-state index in [1.54, 1.807) is 0 Å². The summed E-state index contributed by atoms with van der Waals surface area (Å²) in [5, 5.41) is 30.4. The van der Waals surface area contributed by atoms with Gasteiger partial charge in [0.1, 0.15) is 17.1 Å². The molecule has 0 aliphatic heterocycles. The fraction of sp³-hybridized carbons (Fsp3) is 0.472. The van der Waals surface area contributed by atoms with Gasteiger partial charge >= 0.3 is 23.9 Å². The summed E-state index contributed by atoms with van der Waals surface area (Å²) in [6, 6.07) is 13.0. The molecule has 13 nitrogen and oxygen atoms in total. The maximum Gasteiger partial charge on any atom is 0.414 e. The number of carbonyl (C=O) groups excluding carboxylic acids is 1. The van der Waals surface area contributed by atoms with Crippen LogP contribution in [0.15, 0.2) is 46.9 Å². The highest BCUT2D eigenvalue weighted by Gasteiger charge is 2.22. The van der Waals surface area contributed by atoms with Gasteiger partial charge in [0.15, 0.2) is 5.78 Å². The molecule has 0 unspecified atom stereocenters. The molecule has 270 valence electrons. The standard InChI is InChI=1S/C32H46N2O3.2C2H2O4/c1-4-7-13-30-31(28-24-26(33)16-19-29(28)37-30)32(35)25-14-17-27(18-15-25)36-23-12-10-11-22-34(20-8-5-2)21-9-6-3;2*3-1(4)2(5)6/h14-19,24H,4-13,20-23,33H2,1-3H3;2*(H,3,4)(H,5,6). The minimum absolute atomic E-state index is 0.0299. The van der Waals surface area contributed by atoms with E-state index < -0.39 is 23.9 Å². The number of aryl methyl sites for hydroxylation is 1. The number of hydrogen-bond donors (Lipinski definition) is 5. The van der Waals surface area contributed by atoms with Crippen molar-refractivity contribution in [1.29, 1.82) is 0 Å². The molecule has 49 heavy (non-hydrogen) atoms. The van der Waals surface area contributed by atoms with E-state index in [9.17, 15) is 4.79 Å². The molecule has 0 saturated heterocycles. The van der Waals surface area contributed by atoms with Crippen LogP contribution in [-0.2, 0) is 25.6 Å². The number of aliphatic carboxylic acids is 4. The Morgan fingerprint density at radius 2 is 1.22 bits per heavy atom. The summed E-state index contributed by atoms with van der Waals surface area (Å²) in [5.74, 6) is -5.78. The van der Waals surface area contributed by atoms with Crippen molar-refractivity contribution in [2.75, 3.05) is 32.0 Å². The van der Waals surface area contributed by atoms with E-state index in [4.69, 9.17) is 54.5 Å². The molecule has 0 saturated carbocycles. The molecule has 3 rings (SSSR count). The maximum atomic E-state index is 13.5. The summed E-state index contributed by atoms with van der Waals surface area (Å²) < 4.78 is 12.0. The monoisotopic (exact) mass is 686 g/mol. The molecule has 0 radical (unpaired) electrons. The molecule has 1 heterocycles. The summed E-state index contributed by atoms with van der Waals surface area (Å²) in [6.45, 7) is 11.0. The second-order valence-corrected chi connectivity index (χ2v) is 11.3. The van der Waals surface area contributed by atoms with Crippen molar-refractivity contribution < 1.29 is 53.6 Å². The number of nitrogens with zero attached hydrogens (tertiary/aromatic N) is 1. The quantitative estimate of drug-likeness (QED) is 0.0427. The zero-order chi connectivity index (χ0) is 36.8. The van der Waals surface area contributed by atoms with Crippen LogP contribution in [0.4, 0.5) is 5.69 Å². The Balaban J connectivity index is 0.000000853. The van der Waals surface area contributed by atoms with Gasteiger partial charge in [0.05, 0.1) is 12.2 Å². The summed E-state index contributed by atoms with van der Waals surface area (Å²) in [5.41, 5.74) is 8.63. The summed E-state index contributed by atoms with van der Waals surface area (Å²) in [4.78, 5) is 52.5. The zero-order valence-corrected chi connectivity index (χ0v) is 28.6. The Kier molecular flexibility index (Phi) is 20.1. The molecule has 0 spiro atoms.